The molecule has 1 aliphatic heterocycles. The van der Waals surface area contributed by atoms with Gasteiger partial charge in [-0.15, -0.1) is 0 Å². The summed E-state index contributed by atoms with van der Waals surface area (Å²) in [4.78, 5) is 17.5. The summed E-state index contributed by atoms with van der Waals surface area (Å²) in [5, 5.41) is 23.2. The molecule has 1 saturated heterocycles. The van der Waals surface area contributed by atoms with Gasteiger partial charge in [-0.25, -0.2) is 0 Å². The normalized spacial score (nSPS) is 28.2. The van der Waals surface area contributed by atoms with Crippen molar-refractivity contribution in [2.24, 2.45) is 5.92 Å². The lowest BCUT2D eigenvalue weighted by molar-refractivity contribution is -0.147. The number of ether oxygens (including phenoxy) is 1. The highest BCUT2D eigenvalue weighted by atomic mass is 16.5. The highest BCUT2D eigenvalue weighted by Gasteiger charge is 2.62. The Balaban J connectivity index is 1.52. The third-order valence-electron chi connectivity index (χ3n) is 9.31. The molecule has 200 valence electrons. The molecule has 1 aromatic heterocycles. The van der Waals surface area contributed by atoms with Gasteiger partial charge in [-0.2, -0.15) is 0 Å². The van der Waals surface area contributed by atoms with Gasteiger partial charge in [0.2, 0.25) is 5.91 Å². The van der Waals surface area contributed by atoms with Crippen molar-refractivity contribution in [3.8, 4) is 11.5 Å². The van der Waals surface area contributed by atoms with Crippen LogP contribution in [0.1, 0.15) is 62.6 Å². The zero-order valence-electron chi connectivity index (χ0n) is 22.4. The molecular weight excluding hydrogens is 468 g/mol. The molecule has 2 fully saturated rings. The molecule has 2 N–H and O–H groups in total. The van der Waals surface area contributed by atoms with Gasteiger partial charge in [0.15, 0.2) is 11.5 Å². The molecule has 2 bridgehead atoms. The third kappa shape index (κ3) is 4.46. The summed E-state index contributed by atoms with van der Waals surface area (Å²) in [7, 11) is 3.42. The van der Waals surface area contributed by atoms with E-state index in [1.807, 2.05) is 26.1 Å². The van der Waals surface area contributed by atoms with Crippen molar-refractivity contribution in [2.45, 2.75) is 75.5 Å². The summed E-state index contributed by atoms with van der Waals surface area (Å²) >= 11 is 0. The van der Waals surface area contributed by atoms with E-state index >= 15 is 0 Å². The molecule has 2 heterocycles. The number of fused-ring (bicyclic) bond motifs is 4. The Morgan fingerprint density at radius 1 is 1.35 bits per heavy atom. The van der Waals surface area contributed by atoms with Crippen molar-refractivity contribution in [2.75, 3.05) is 27.2 Å². The highest BCUT2D eigenvalue weighted by Crippen LogP contribution is 2.58. The van der Waals surface area contributed by atoms with E-state index in [4.69, 9.17) is 9.15 Å². The Hall–Kier alpha value is -2.77. The average molecular weight is 509 g/mol. The van der Waals surface area contributed by atoms with Crippen LogP contribution in [0.15, 0.2) is 41.2 Å². The molecule has 1 aromatic carbocycles. The van der Waals surface area contributed by atoms with Crippen molar-refractivity contribution < 1.29 is 24.2 Å². The Morgan fingerprint density at radius 2 is 2.14 bits per heavy atom. The lowest BCUT2D eigenvalue weighted by Gasteiger charge is -2.61. The van der Waals surface area contributed by atoms with Crippen molar-refractivity contribution in [3.63, 3.8) is 0 Å². The van der Waals surface area contributed by atoms with E-state index in [-0.39, 0.29) is 23.7 Å². The van der Waals surface area contributed by atoms with Gasteiger partial charge in [0.25, 0.3) is 0 Å². The Bertz CT molecular complexity index is 1150. The fraction of sp³-hybridized carbons (Fsp3) is 0.567. The van der Waals surface area contributed by atoms with Crippen LogP contribution in [-0.4, -0.2) is 70.9 Å². The first-order valence-corrected chi connectivity index (χ1v) is 13.5. The number of piperidine rings is 1. The molecule has 1 saturated carbocycles. The van der Waals surface area contributed by atoms with Crippen LogP contribution in [0.5, 0.6) is 11.5 Å². The number of methoxy groups -OCH3 is 1. The number of rotatable bonds is 9. The number of hydrogen-bond acceptors (Lipinski definition) is 6. The maximum absolute atomic E-state index is 13.2. The number of phenolic OH excluding ortho intramolecular Hbond substituents is 1. The number of phenols is 1. The summed E-state index contributed by atoms with van der Waals surface area (Å²) in [6, 6.07) is 5.38. The predicted molar refractivity (Wildman–Crippen MR) is 143 cm³/mol. The predicted octanol–water partition coefficient (Wildman–Crippen LogP) is 4.36. The van der Waals surface area contributed by atoms with Gasteiger partial charge < -0.3 is 24.3 Å². The first-order valence-electron chi connectivity index (χ1n) is 13.5. The second-order valence-corrected chi connectivity index (χ2v) is 11.4. The lowest BCUT2D eigenvalue weighted by atomic mass is 9.52. The zero-order valence-corrected chi connectivity index (χ0v) is 22.4. The van der Waals surface area contributed by atoms with Crippen LogP contribution in [0.3, 0.4) is 0 Å². The standard InChI is InChI=1S/C30H40N2O5/c1-5-23(31(3)26(34)11-8-21-12-15-37-19-21)17-30-13-14-32(18-20-6-7-20)25(29(30,2)35)16-22-9-10-24(33)28(36-4)27(22)30/h8-12,15,19-20,23,25,33,35H,5-7,13-14,16-18H2,1-4H3/b11-8+/t23-,25-,29-,30-/m1/s1. The number of amides is 1. The molecule has 37 heavy (non-hydrogen) atoms. The largest absolute Gasteiger partial charge is 0.504 e. The topological polar surface area (TPSA) is 86.4 Å². The van der Waals surface area contributed by atoms with Crippen molar-refractivity contribution >= 4 is 12.0 Å². The summed E-state index contributed by atoms with van der Waals surface area (Å²) in [5.41, 5.74) is 1.14. The van der Waals surface area contributed by atoms with E-state index < -0.39 is 11.0 Å². The molecular formula is C30H40N2O5. The number of hydrogen-bond donors (Lipinski definition) is 2. The van der Waals surface area contributed by atoms with Gasteiger partial charge in [-0.05, 0) is 81.7 Å². The Morgan fingerprint density at radius 3 is 2.78 bits per heavy atom. The van der Waals surface area contributed by atoms with Crippen molar-refractivity contribution in [1.82, 2.24) is 9.80 Å². The molecule has 3 aliphatic rings. The number of benzene rings is 1. The summed E-state index contributed by atoms with van der Waals surface area (Å²) < 4.78 is 10.9. The Kier molecular flexibility index (Phi) is 6.88. The van der Waals surface area contributed by atoms with Crippen molar-refractivity contribution in [3.05, 3.63) is 53.5 Å². The molecule has 2 aliphatic carbocycles. The number of likely N-dealkylation sites (N-methyl/N-ethyl adjacent to an activating group) is 1. The first kappa shape index (κ1) is 25.9. The Labute approximate surface area is 219 Å². The smallest absolute Gasteiger partial charge is 0.246 e. The molecule has 0 unspecified atom stereocenters. The highest BCUT2D eigenvalue weighted by molar-refractivity contribution is 5.91. The summed E-state index contributed by atoms with van der Waals surface area (Å²) in [5.74, 6) is 1.19. The van der Waals surface area contributed by atoms with Crippen LogP contribution in [0.4, 0.5) is 0 Å². The van der Waals surface area contributed by atoms with Crippen molar-refractivity contribution in [1.29, 1.82) is 0 Å². The lowest BCUT2D eigenvalue weighted by Crippen LogP contribution is -2.71. The van der Waals surface area contributed by atoms with Crippen LogP contribution in [0, 0.1) is 5.92 Å². The number of aliphatic hydroxyl groups is 1. The minimum absolute atomic E-state index is 0.0249. The summed E-state index contributed by atoms with van der Waals surface area (Å²) in [6.45, 7) is 5.96. The third-order valence-corrected chi connectivity index (χ3v) is 9.31. The number of nitrogens with zero attached hydrogens (tertiary/aromatic N) is 2. The molecule has 7 nitrogen and oxygen atoms in total. The van der Waals surface area contributed by atoms with Gasteiger partial charge in [-0.3, -0.25) is 9.69 Å². The van der Waals surface area contributed by atoms with E-state index in [1.165, 1.54) is 12.8 Å². The van der Waals surface area contributed by atoms with Crippen LogP contribution in [0.25, 0.3) is 6.08 Å². The van der Waals surface area contributed by atoms with E-state index in [0.717, 1.165) is 48.5 Å². The minimum atomic E-state index is -1.06. The number of carbonyl (C=O) groups excluding carboxylic acids is 1. The molecule has 5 rings (SSSR count). The minimum Gasteiger partial charge on any atom is -0.504 e. The van der Waals surface area contributed by atoms with Gasteiger partial charge in [0, 0.05) is 48.3 Å². The van der Waals surface area contributed by atoms with E-state index in [0.29, 0.717) is 18.6 Å². The number of likely N-dealkylation sites (tertiary alicyclic amines) is 1. The van der Waals surface area contributed by atoms with E-state index in [2.05, 4.69) is 11.8 Å². The van der Waals surface area contributed by atoms with Crippen LogP contribution in [-0.2, 0) is 16.6 Å². The number of carbonyl (C=O) groups is 1. The maximum Gasteiger partial charge on any atom is 0.246 e. The average Bonchev–Trinajstić information content (AvgIpc) is 3.54. The monoisotopic (exact) mass is 508 g/mol. The number of aromatic hydroxyl groups is 1. The van der Waals surface area contributed by atoms with E-state index in [9.17, 15) is 15.0 Å². The molecule has 2 aromatic rings. The molecule has 0 radical (unpaired) electrons. The number of furan rings is 1. The van der Waals surface area contributed by atoms with Crippen LogP contribution < -0.4 is 4.74 Å². The van der Waals surface area contributed by atoms with E-state index in [1.54, 1.807) is 42.8 Å². The molecule has 0 spiro atoms. The maximum atomic E-state index is 13.2. The van der Waals surface area contributed by atoms with Crippen LogP contribution >= 0.6 is 0 Å². The van der Waals surface area contributed by atoms with Gasteiger partial charge in [0.1, 0.15) is 0 Å². The van der Waals surface area contributed by atoms with Gasteiger partial charge in [0.05, 0.1) is 25.2 Å². The van der Waals surface area contributed by atoms with Crippen LogP contribution in [0.2, 0.25) is 0 Å². The first-order chi connectivity index (χ1) is 17.7. The second kappa shape index (κ2) is 9.84. The zero-order chi connectivity index (χ0) is 26.4. The fourth-order valence-corrected chi connectivity index (χ4v) is 6.90. The molecule has 4 atom stereocenters. The fourth-order valence-electron chi connectivity index (χ4n) is 6.90. The van der Waals surface area contributed by atoms with Gasteiger partial charge >= 0.3 is 0 Å². The second-order valence-electron chi connectivity index (χ2n) is 11.4. The summed E-state index contributed by atoms with van der Waals surface area (Å²) in [6.07, 6.45) is 11.8. The quantitative estimate of drug-likeness (QED) is 0.490. The molecule has 7 heteroatoms. The SMILES string of the molecule is CC[C@H](C[C@]12CCN(CC3CC3)[C@H](Cc3ccc(O)c(OC)c31)[C@@]2(C)O)N(C)C(=O)/C=C/c1ccoc1. The van der Waals surface area contributed by atoms with Gasteiger partial charge in [-0.1, -0.05) is 13.0 Å². The molecule has 1 amide bonds.